The number of hydrogen-bond donors (Lipinski definition) is 0. The van der Waals surface area contributed by atoms with Gasteiger partial charge in [-0.3, -0.25) is 19.6 Å². The molecule has 2 unspecified atom stereocenters. The molecule has 10 heteroatoms. The fourth-order valence-electron chi connectivity index (χ4n) is 9.68. The third-order valence-electron chi connectivity index (χ3n) is 12.6. The van der Waals surface area contributed by atoms with Crippen molar-refractivity contribution < 1.29 is 19.1 Å². The molecule has 0 aromatic rings. The van der Waals surface area contributed by atoms with Crippen LogP contribution in [0.15, 0.2) is 0 Å². The maximum atomic E-state index is 12.3. The average Bonchev–Trinajstić information content (AvgIpc) is 3.91. The van der Waals surface area contributed by atoms with Gasteiger partial charge in [0.25, 0.3) is 0 Å². The van der Waals surface area contributed by atoms with Crippen molar-refractivity contribution in [3.8, 4) is 0 Å². The van der Waals surface area contributed by atoms with Crippen LogP contribution in [-0.4, -0.2) is 155 Å². The smallest absolute Gasteiger partial charge is 0.410 e. The van der Waals surface area contributed by atoms with Gasteiger partial charge in [0.15, 0.2) is 0 Å². The van der Waals surface area contributed by atoms with Crippen LogP contribution >= 0.6 is 0 Å². The van der Waals surface area contributed by atoms with Crippen molar-refractivity contribution in [2.24, 2.45) is 0 Å². The maximum absolute atomic E-state index is 12.3. The summed E-state index contributed by atoms with van der Waals surface area (Å²) in [6.45, 7) is 21.3. The molecule has 2 heterocycles. The lowest BCUT2D eigenvalue weighted by Crippen LogP contribution is -2.52. The molecule has 0 radical (unpaired) electrons. The van der Waals surface area contributed by atoms with Gasteiger partial charge in [0.05, 0.1) is 0 Å². The summed E-state index contributed by atoms with van der Waals surface area (Å²) in [5, 5.41) is 0. The van der Waals surface area contributed by atoms with E-state index in [1.807, 2.05) is 65.4 Å². The van der Waals surface area contributed by atoms with Crippen LogP contribution in [0.4, 0.5) is 9.59 Å². The summed E-state index contributed by atoms with van der Waals surface area (Å²) in [7, 11) is 3.80. The van der Waals surface area contributed by atoms with Gasteiger partial charge in [0.2, 0.25) is 0 Å². The van der Waals surface area contributed by atoms with E-state index in [1.54, 1.807) is 0 Å². The van der Waals surface area contributed by atoms with Crippen molar-refractivity contribution in [2.45, 2.75) is 179 Å². The fourth-order valence-corrected chi connectivity index (χ4v) is 9.68. The third kappa shape index (κ3) is 11.2. The Hall–Kier alpha value is -1.62. The van der Waals surface area contributed by atoms with Crippen LogP contribution in [0.3, 0.4) is 0 Å². The monoisotopic (exact) mass is 703 g/mol. The highest BCUT2D eigenvalue weighted by Gasteiger charge is 2.38. The number of piperazine rings is 2. The van der Waals surface area contributed by atoms with E-state index in [0.29, 0.717) is 24.2 Å². The zero-order chi connectivity index (χ0) is 36.1. The molecule has 6 aliphatic rings. The summed E-state index contributed by atoms with van der Waals surface area (Å²) in [6.07, 6.45) is 17.8. The first-order valence-electron chi connectivity index (χ1n) is 20.5. The first-order chi connectivity index (χ1) is 23.7. The summed E-state index contributed by atoms with van der Waals surface area (Å²) < 4.78 is 11.1. The van der Waals surface area contributed by atoms with E-state index in [9.17, 15) is 9.59 Å². The number of carbonyl (C=O) groups excluding carboxylic acids is 2. The molecular weight excluding hydrogens is 628 g/mol. The van der Waals surface area contributed by atoms with Gasteiger partial charge in [0.1, 0.15) is 11.2 Å². The molecule has 2 aliphatic heterocycles. The lowest BCUT2D eigenvalue weighted by atomic mass is 10.1. The largest absolute Gasteiger partial charge is 0.444 e. The number of hydrogen-bond acceptors (Lipinski definition) is 8. The summed E-state index contributed by atoms with van der Waals surface area (Å²) in [6, 6.07) is 3.65. The zero-order valence-electron chi connectivity index (χ0n) is 33.3. The number of amides is 2. The minimum Gasteiger partial charge on any atom is -0.444 e. The molecule has 10 nitrogen and oxygen atoms in total. The quantitative estimate of drug-likeness (QED) is 0.304. The second kappa shape index (κ2) is 17.5. The van der Waals surface area contributed by atoms with Crippen molar-refractivity contribution in [3.63, 3.8) is 0 Å². The van der Waals surface area contributed by atoms with Crippen molar-refractivity contribution >= 4 is 12.2 Å². The molecule has 0 aromatic heterocycles. The Balaban J connectivity index is 0.000000194. The van der Waals surface area contributed by atoms with Crippen molar-refractivity contribution in [3.05, 3.63) is 0 Å². The minimum absolute atomic E-state index is 0.177. The number of carbonyl (C=O) groups is 2. The molecule has 0 bridgehead atoms. The molecule has 2 saturated heterocycles. The SMILES string of the molecule is CN(C(=O)OC(C)(C)C)C1CCC(N2CCN(C3CCCC3)CC2)C1.CN(C(=O)OC(C)(C)C)[C@@H]1CC[C@H](N2CCN(C3CCCC3)CC2)C1. The molecule has 0 spiro atoms. The molecule has 6 fully saturated rings. The van der Waals surface area contributed by atoms with Crippen LogP contribution in [0.25, 0.3) is 0 Å². The van der Waals surface area contributed by atoms with E-state index in [2.05, 4.69) is 19.6 Å². The molecule has 288 valence electrons. The van der Waals surface area contributed by atoms with E-state index in [0.717, 1.165) is 37.8 Å². The Bertz CT molecular complexity index is 981. The highest BCUT2D eigenvalue weighted by molar-refractivity contribution is 5.68. The molecule has 0 aromatic carbocycles. The number of rotatable bonds is 6. The highest BCUT2D eigenvalue weighted by Crippen LogP contribution is 2.32. The van der Waals surface area contributed by atoms with E-state index in [-0.39, 0.29) is 12.2 Å². The van der Waals surface area contributed by atoms with Gasteiger partial charge in [-0.2, -0.15) is 0 Å². The highest BCUT2D eigenvalue weighted by atomic mass is 16.6. The Labute approximate surface area is 305 Å². The maximum Gasteiger partial charge on any atom is 0.410 e. The molecule has 4 atom stereocenters. The Morgan fingerprint density at radius 1 is 0.460 bits per heavy atom. The molecule has 2 amide bonds. The Kier molecular flexibility index (Phi) is 13.8. The van der Waals surface area contributed by atoms with Crippen molar-refractivity contribution in [2.75, 3.05) is 66.5 Å². The third-order valence-corrected chi connectivity index (χ3v) is 12.6. The van der Waals surface area contributed by atoms with Gasteiger partial charge in [0, 0.05) is 103 Å². The molecule has 50 heavy (non-hydrogen) atoms. The van der Waals surface area contributed by atoms with Crippen LogP contribution in [0.1, 0.15) is 131 Å². The average molecular weight is 703 g/mol. The van der Waals surface area contributed by atoms with Crippen LogP contribution in [0.2, 0.25) is 0 Å². The van der Waals surface area contributed by atoms with E-state index in [4.69, 9.17) is 9.47 Å². The zero-order valence-corrected chi connectivity index (χ0v) is 33.3. The van der Waals surface area contributed by atoms with E-state index >= 15 is 0 Å². The minimum atomic E-state index is -0.417. The van der Waals surface area contributed by atoms with Gasteiger partial charge < -0.3 is 19.3 Å². The second-order valence-electron chi connectivity index (χ2n) is 18.4. The van der Waals surface area contributed by atoms with Crippen LogP contribution in [-0.2, 0) is 9.47 Å². The Morgan fingerprint density at radius 2 is 0.740 bits per heavy atom. The van der Waals surface area contributed by atoms with E-state index in [1.165, 1.54) is 117 Å². The first-order valence-corrected chi connectivity index (χ1v) is 20.5. The van der Waals surface area contributed by atoms with Gasteiger partial charge in [-0.05, 0) is 106 Å². The molecule has 4 saturated carbocycles. The van der Waals surface area contributed by atoms with Gasteiger partial charge >= 0.3 is 12.2 Å². The fraction of sp³-hybridized carbons (Fsp3) is 0.950. The van der Waals surface area contributed by atoms with Gasteiger partial charge in [-0.1, -0.05) is 25.7 Å². The Morgan fingerprint density at radius 3 is 1.02 bits per heavy atom. The summed E-state index contributed by atoms with van der Waals surface area (Å²) in [5.74, 6) is 0. The summed E-state index contributed by atoms with van der Waals surface area (Å²) >= 11 is 0. The normalized spacial score (nSPS) is 29.9. The number of ether oxygens (including phenoxy) is 2. The van der Waals surface area contributed by atoms with Gasteiger partial charge in [-0.15, -0.1) is 0 Å². The topological polar surface area (TPSA) is 72.0 Å². The standard InChI is InChI=1S/2C20H37N3O2/c2*1-20(2,3)25-19(24)21(4)17-9-10-18(15-17)23-13-11-22(12-14-23)16-7-5-6-8-16/h2*16-18H,5-15H2,1-4H3/t17-,18+;/m1./s1. The van der Waals surface area contributed by atoms with Crippen molar-refractivity contribution in [1.29, 1.82) is 0 Å². The summed E-state index contributed by atoms with van der Waals surface area (Å²) in [4.78, 5) is 39.1. The predicted octanol–water partition coefficient (Wildman–Crippen LogP) is 6.67. The first kappa shape index (κ1) is 39.6. The lowest BCUT2D eigenvalue weighted by Gasteiger charge is -2.40. The van der Waals surface area contributed by atoms with Crippen LogP contribution in [0.5, 0.6) is 0 Å². The lowest BCUT2D eigenvalue weighted by molar-refractivity contribution is 0.0202. The second-order valence-corrected chi connectivity index (χ2v) is 18.4. The molecular formula is C40H74N6O4. The van der Waals surface area contributed by atoms with Gasteiger partial charge in [-0.25, -0.2) is 9.59 Å². The van der Waals surface area contributed by atoms with Crippen LogP contribution in [0, 0.1) is 0 Å². The van der Waals surface area contributed by atoms with E-state index < -0.39 is 11.2 Å². The predicted molar refractivity (Wildman–Crippen MR) is 202 cm³/mol. The number of nitrogens with zero attached hydrogens (tertiary/aromatic N) is 6. The van der Waals surface area contributed by atoms with Crippen LogP contribution < -0.4 is 0 Å². The molecule has 6 rings (SSSR count). The molecule has 4 aliphatic carbocycles. The van der Waals surface area contributed by atoms with Crippen molar-refractivity contribution in [1.82, 2.24) is 29.4 Å². The molecule has 0 N–H and O–H groups in total. The summed E-state index contributed by atoms with van der Waals surface area (Å²) in [5.41, 5.74) is -0.833.